The van der Waals surface area contributed by atoms with Crippen molar-refractivity contribution in [3.8, 4) is 17.1 Å². The van der Waals surface area contributed by atoms with Crippen LogP contribution in [0.15, 0.2) is 47.2 Å². The standard InChI is InChI=1S/C15H14BrN3O/c1-17-10-7-8-12-14(16)18-15(19(12)9-10)11-5-3-4-6-13(11)20-2/h3-9,17H,1-2H3. The zero-order valence-electron chi connectivity index (χ0n) is 11.2. The van der Waals surface area contributed by atoms with Gasteiger partial charge in [-0.3, -0.25) is 4.40 Å². The van der Waals surface area contributed by atoms with E-state index in [1.54, 1.807) is 7.11 Å². The maximum absolute atomic E-state index is 5.43. The molecular weight excluding hydrogens is 318 g/mol. The molecule has 0 fully saturated rings. The van der Waals surface area contributed by atoms with Crippen LogP contribution in [0.1, 0.15) is 0 Å². The number of anilines is 1. The van der Waals surface area contributed by atoms with Crippen molar-refractivity contribution in [2.24, 2.45) is 0 Å². The van der Waals surface area contributed by atoms with Gasteiger partial charge in [0.1, 0.15) is 16.2 Å². The van der Waals surface area contributed by atoms with Crippen molar-refractivity contribution in [3.63, 3.8) is 0 Å². The van der Waals surface area contributed by atoms with Crippen molar-refractivity contribution in [2.75, 3.05) is 19.5 Å². The number of benzene rings is 1. The molecule has 4 nitrogen and oxygen atoms in total. The van der Waals surface area contributed by atoms with Crippen LogP contribution in [0.5, 0.6) is 5.75 Å². The Morgan fingerprint density at radius 1 is 1.20 bits per heavy atom. The summed E-state index contributed by atoms with van der Waals surface area (Å²) in [6, 6.07) is 11.9. The van der Waals surface area contributed by atoms with Gasteiger partial charge in [0.15, 0.2) is 0 Å². The minimum absolute atomic E-state index is 0.807. The molecule has 2 heterocycles. The van der Waals surface area contributed by atoms with E-state index in [9.17, 15) is 0 Å². The Hall–Kier alpha value is -2.01. The average Bonchev–Trinajstić information content (AvgIpc) is 2.83. The topological polar surface area (TPSA) is 38.6 Å². The SMILES string of the molecule is CNc1ccc2c(Br)nc(-c3ccccc3OC)n2c1. The number of ether oxygens (including phenoxy) is 1. The highest BCUT2D eigenvalue weighted by atomic mass is 79.9. The number of hydrogen-bond donors (Lipinski definition) is 1. The molecule has 0 aliphatic carbocycles. The highest BCUT2D eigenvalue weighted by Crippen LogP contribution is 2.32. The molecule has 0 radical (unpaired) electrons. The monoisotopic (exact) mass is 331 g/mol. The van der Waals surface area contributed by atoms with E-state index in [-0.39, 0.29) is 0 Å². The number of rotatable bonds is 3. The van der Waals surface area contributed by atoms with Crippen molar-refractivity contribution in [1.29, 1.82) is 0 Å². The Bertz CT molecular complexity index is 767. The Morgan fingerprint density at radius 3 is 2.75 bits per heavy atom. The number of nitrogens with one attached hydrogen (secondary N) is 1. The Morgan fingerprint density at radius 2 is 2.00 bits per heavy atom. The van der Waals surface area contributed by atoms with E-state index < -0.39 is 0 Å². The molecule has 0 aliphatic rings. The van der Waals surface area contributed by atoms with Gasteiger partial charge in [0.05, 0.1) is 23.9 Å². The molecule has 0 unspecified atom stereocenters. The van der Waals surface area contributed by atoms with Crippen molar-refractivity contribution >= 4 is 27.1 Å². The molecule has 5 heteroatoms. The first-order valence-electron chi connectivity index (χ1n) is 6.23. The van der Waals surface area contributed by atoms with Crippen LogP contribution in [0.3, 0.4) is 0 Å². The van der Waals surface area contributed by atoms with Gasteiger partial charge < -0.3 is 10.1 Å². The fourth-order valence-electron chi connectivity index (χ4n) is 2.22. The van der Waals surface area contributed by atoms with Gasteiger partial charge in [0.2, 0.25) is 0 Å². The van der Waals surface area contributed by atoms with Crippen molar-refractivity contribution in [2.45, 2.75) is 0 Å². The molecule has 102 valence electrons. The summed E-state index contributed by atoms with van der Waals surface area (Å²) in [5, 5.41) is 3.14. The molecule has 0 atom stereocenters. The molecule has 0 aliphatic heterocycles. The number of pyridine rings is 1. The quantitative estimate of drug-likeness (QED) is 0.793. The molecule has 0 saturated carbocycles. The minimum Gasteiger partial charge on any atom is -0.496 e. The predicted molar refractivity (Wildman–Crippen MR) is 84.4 cm³/mol. The van der Waals surface area contributed by atoms with E-state index in [1.165, 1.54) is 0 Å². The molecule has 1 aromatic carbocycles. The smallest absolute Gasteiger partial charge is 0.149 e. The lowest BCUT2D eigenvalue weighted by atomic mass is 10.2. The first kappa shape index (κ1) is 13.0. The first-order valence-corrected chi connectivity index (χ1v) is 7.02. The van der Waals surface area contributed by atoms with Crippen molar-refractivity contribution < 1.29 is 4.74 Å². The van der Waals surface area contributed by atoms with Crippen LogP contribution in [-0.2, 0) is 0 Å². The molecule has 0 amide bonds. The third-order valence-electron chi connectivity index (χ3n) is 3.23. The molecule has 2 aromatic heterocycles. The van der Waals surface area contributed by atoms with E-state index in [2.05, 4.69) is 26.2 Å². The van der Waals surface area contributed by atoms with Crippen LogP contribution in [0.2, 0.25) is 0 Å². The fourth-order valence-corrected chi connectivity index (χ4v) is 2.71. The predicted octanol–water partition coefficient (Wildman–Crippen LogP) is 3.81. The number of fused-ring (bicyclic) bond motifs is 1. The van der Waals surface area contributed by atoms with Crippen molar-refractivity contribution in [1.82, 2.24) is 9.38 Å². The maximum atomic E-state index is 5.43. The third-order valence-corrected chi connectivity index (χ3v) is 3.81. The summed E-state index contributed by atoms with van der Waals surface area (Å²) in [6.07, 6.45) is 2.02. The molecule has 0 bridgehead atoms. The third kappa shape index (κ3) is 2.04. The summed E-state index contributed by atoms with van der Waals surface area (Å²) in [6.45, 7) is 0. The molecule has 3 rings (SSSR count). The lowest BCUT2D eigenvalue weighted by Gasteiger charge is -2.08. The summed E-state index contributed by atoms with van der Waals surface area (Å²) in [4.78, 5) is 4.62. The fraction of sp³-hybridized carbons (Fsp3) is 0.133. The number of hydrogen-bond acceptors (Lipinski definition) is 3. The van der Waals surface area contributed by atoms with Crippen LogP contribution in [0, 0.1) is 0 Å². The van der Waals surface area contributed by atoms with E-state index >= 15 is 0 Å². The lowest BCUT2D eigenvalue weighted by Crippen LogP contribution is -1.95. The maximum Gasteiger partial charge on any atom is 0.149 e. The second-order valence-electron chi connectivity index (χ2n) is 4.35. The van der Waals surface area contributed by atoms with E-state index in [0.717, 1.165) is 32.9 Å². The Kier molecular flexibility index (Phi) is 3.36. The van der Waals surface area contributed by atoms with Gasteiger partial charge in [-0.15, -0.1) is 0 Å². The van der Waals surface area contributed by atoms with E-state index in [4.69, 9.17) is 4.74 Å². The summed E-state index contributed by atoms with van der Waals surface area (Å²) >= 11 is 3.51. The molecule has 3 aromatic rings. The highest BCUT2D eigenvalue weighted by Gasteiger charge is 2.14. The number of methoxy groups -OCH3 is 1. The summed E-state index contributed by atoms with van der Waals surface area (Å²) in [5.41, 5.74) is 3.01. The van der Waals surface area contributed by atoms with Gasteiger partial charge in [0, 0.05) is 13.2 Å². The van der Waals surface area contributed by atoms with Crippen LogP contribution >= 0.6 is 15.9 Å². The number of para-hydroxylation sites is 1. The number of nitrogens with zero attached hydrogens (tertiary/aromatic N) is 2. The Labute approximate surface area is 125 Å². The lowest BCUT2D eigenvalue weighted by molar-refractivity contribution is 0.416. The second-order valence-corrected chi connectivity index (χ2v) is 5.10. The summed E-state index contributed by atoms with van der Waals surface area (Å²) in [5.74, 6) is 1.66. The highest BCUT2D eigenvalue weighted by molar-refractivity contribution is 9.10. The van der Waals surface area contributed by atoms with Gasteiger partial charge in [-0.1, -0.05) is 12.1 Å². The van der Waals surface area contributed by atoms with Crippen LogP contribution < -0.4 is 10.1 Å². The van der Waals surface area contributed by atoms with Gasteiger partial charge in [-0.05, 0) is 40.2 Å². The second kappa shape index (κ2) is 5.17. The molecule has 0 spiro atoms. The first-order chi connectivity index (χ1) is 9.74. The largest absolute Gasteiger partial charge is 0.496 e. The van der Waals surface area contributed by atoms with Crippen LogP contribution in [0.25, 0.3) is 16.9 Å². The number of imidazole rings is 1. The van der Waals surface area contributed by atoms with Crippen LogP contribution in [0.4, 0.5) is 5.69 Å². The average molecular weight is 332 g/mol. The number of halogens is 1. The number of aromatic nitrogens is 2. The molecule has 0 saturated heterocycles. The zero-order valence-corrected chi connectivity index (χ0v) is 12.8. The zero-order chi connectivity index (χ0) is 14.1. The summed E-state index contributed by atoms with van der Waals surface area (Å²) in [7, 11) is 3.57. The van der Waals surface area contributed by atoms with Gasteiger partial charge in [0.25, 0.3) is 0 Å². The molecule has 1 N–H and O–H groups in total. The van der Waals surface area contributed by atoms with Gasteiger partial charge >= 0.3 is 0 Å². The van der Waals surface area contributed by atoms with Crippen molar-refractivity contribution in [3.05, 3.63) is 47.2 Å². The summed E-state index contributed by atoms with van der Waals surface area (Å²) < 4.78 is 8.30. The Balaban J connectivity index is 2.30. The van der Waals surface area contributed by atoms with Gasteiger partial charge in [-0.25, -0.2) is 4.98 Å². The molecule has 20 heavy (non-hydrogen) atoms. The molecular formula is C15H14BrN3O. The normalized spacial score (nSPS) is 10.8. The van der Waals surface area contributed by atoms with Crippen LogP contribution in [-0.4, -0.2) is 23.5 Å². The van der Waals surface area contributed by atoms with E-state index in [0.29, 0.717) is 0 Å². The minimum atomic E-state index is 0.807. The van der Waals surface area contributed by atoms with E-state index in [1.807, 2.05) is 54.0 Å². The van der Waals surface area contributed by atoms with Gasteiger partial charge in [-0.2, -0.15) is 0 Å².